The van der Waals surface area contributed by atoms with Crippen molar-refractivity contribution in [2.75, 3.05) is 18.0 Å². The molecule has 0 bridgehead atoms. The van der Waals surface area contributed by atoms with E-state index in [1.54, 1.807) is 6.07 Å². The molecule has 0 aliphatic carbocycles. The number of hydrogen-bond donors (Lipinski definition) is 1. The van der Waals surface area contributed by atoms with Crippen molar-refractivity contribution in [2.45, 2.75) is 12.5 Å². The summed E-state index contributed by atoms with van der Waals surface area (Å²) in [4.78, 5) is 5.43. The molecule has 2 heterocycles. The maximum atomic E-state index is 12.7. The molecule has 3 nitrogen and oxygen atoms in total. The van der Waals surface area contributed by atoms with Gasteiger partial charge in [0.15, 0.2) is 0 Å². The van der Waals surface area contributed by atoms with Gasteiger partial charge in [-0.3, -0.25) is 0 Å². The van der Waals surface area contributed by atoms with Crippen molar-refractivity contribution >= 4 is 5.69 Å². The molecule has 0 radical (unpaired) electrons. The maximum absolute atomic E-state index is 12.7. The van der Waals surface area contributed by atoms with Crippen LogP contribution in [0.25, 0.3) is 0 Å². The predicted molar refractivity (Wildman–Crippen MR) is 47.0 cm³/mol. The molecule has 0 aromatic carbocycles. The minimum Gasteiger partial charge on any atom is -0.391 e. The minimum absolute atomic E-state index is 0.281. The van der Waals surface area contributed by atoms with E-state index in [1.165, 1.54) is 12.3 Å². The fourth-order valence-electron chi connectivity index (χ4n) is 1.57. The molecule has 13 heavy (non-hydrogen) atoms. The highest BCUT2D eigenvalue weighted by Crippen LogP contribution is 2.19. The third kappa shape index (κ3) is 1.78. The minimum atomic E-state index is -0.473. The Kier molecular flexibility index (Phi) is 2.14. The van der Waals surface area contributed by atoms with E-state index < -0.39 is 5.95 Å². The van der Waals surface area contributed by atoms with Gasteiger partial charge in [-0.15, -0.1) is 0 Å². The number of β-amino-alcohol motifs (C(OH)–C–C–N with tert-alkyl or cyclic N) is 1. The highest BCUT2D eigenvalue weighted by molar-refractivity contribution is 5.46. The maximum Gasteiger partial charge on any atom is 0.214 e. The lowest BCUT2D eigenvalue weighted by atomic mass is 10.3. The largest absolute Gasteiger partial charge is 0.391 e. The zero-order valence-corrected chi connectivity index (χ0v) is 7.15. The van der Waals surface area contributed by atoms with Gasteiger partial charge in [-0.1, -0.05) is 0 Å². The highest BCUT2D eigenvalue weighted by Gasteiger charge is 2.20. The van der Waals surface area contributed by atoms with E-state index in [1.807, 2.05) is 4.90 Å². The van der Waals surface area contributed by atoms with Gasteiger partial charge in [-0.25, -0.2) is 4.98 Å². The van der Waals surface area contributed by atoms with E-state index in [0.29, 0.717) is 6.54 Å². The van der Waals surface area contributed by atoms with E-state index in [2.05, 4.69) is 4.98 Å². The fourth-order valence-corrected chi connectivity index (χ4v) is 1.57. The summed E-state index contributed by atoms with van der Waals surface area (Å²) in [6.07, 6.45) is 1.91. The lowest BCUT2D eigenvalue weighted by molar-refractivity contribution is 0.198. The summed E-state index contributed by atoms with van der Waals surface area (Å²) in [5.41, 5.74) is 0.795. The summed E-state index contributed by atoms with van der Waals surface area (Å²) in [5.74, 6) is -0.473. The molecule has 1 aliphatic rings. The highest BCUT2D eigenvalue weighted by atomic mass is 19.1. The summed E-state index contributed by atoms with van der Waals surface area (Å²) < 4.78 is 12.7. The Morgan fingerprint density at radius 1 is 1.62 bits per heavy atom. The van der Waals surface area contributed by atoms with Crippen molar-refractivity contribution < 1.29 is 9.50 Å². The fraction of sp³-hybridized carbons (Fsp3) is 0.444. The van der Waals surface area contributed by atoms with Gasteiger partial charge < -0.3 is 10.0 Å². The molecule has 2 rings (SSSR count). The van der Waals surface area contributed by atoms with Crippen LogP contribution in [0.1, 0.15) is 6.42 Å². The average Bonchev–Trinajstić information content (AvgIpc) is 2.52. The first-order valence-corrected chi connectivity index (χ1v) is 4.30. The standard InChI is InChI=1S/C9H11FN2O/c10-9-5-7(1-3-11-9)12-4-2-8(13)6-12/h1,3,5,8,13H,2,4,6H2/t8-/m0/s1. The molecule has 4 heteroatoms. The van der Waals surface area contributed by atoms with Gasteiger partial charge in [0.1, 0.15) is 0 Å². The van der Waals surface area contributed by atoms with Crippen molar-refractivity contribution in [1.29, 1.82) is 0 Å². The zero-order chi connectivity index (χ0) is 9.26. The molecule has 1 aliphatic heterocycles. The first kappa shape index (κ1) is 8.44. The smallest absolute Gasteiger partial charge is 0.214 e. The number of aliphatic hydroxyl groups is 1. The molecule has 70 valence electrons. The molecule has 0 saturated carbocycles. The number of halogens is 1. The molecular formula is C9H11FN2O. The third-order valence-corrected chi connectivity index (χ3v) is 2.24. The Morgan fingerprint density at radius 3 is 3.08 bits per heavy atom. The molecule has 0 unspecified atom stereocenters. The number of aliphatic hydroxyl groups excluding tert-OH is 1. The van der Waals surface area contributed by atoms with Gasteiger partial charge in [-0.2, -0.15) is 4.39 Å². The van der Waals surface area contributed by atoms with Crippen molar-refractivity contribution in [3.63, 3.8) is 0 Å². The molecular weight excluding hydrogens is 171 g/mol. The van der Waals surface area contributed by atoms with Crippen LogP contribution < -0.4 is 4.90 Å². The van der Waals surface area contributed by atoms with Crippen molar-refractivity contribution in [3.8, 4) is 0 Å². The van der Waals surface area contributed by atoms with Crippen LogP contribution in [0, 0.1) is 5.95 Å². The van der Waals surface area contributed by atoms with Crippen molar-refractivity contribution in [3.05, 3.63) is 24.3 Å². The first-order chi connectivity index (χ1) is 6.25. The van der Waals surface area contributed by atoms with Gasteiger partial charge in [0.05, 0.1) is 6.10 Å². The van der Waals surface area contributed by atoms with Crippen molar-refractivity contribution in [1.82, 2.24) is 4.98 Å². The Labute approximate surface area is 75.8 Å². The Balaban J connectivity index is 2.16. The number of aromatic nitrogens is 1. The number of hydrogen-bond acceptors (Lipinski definition) is 3. The second kappa shape index (κ2) is 3.30. The molecule has 1 aromatic heterocycles. The second-order valence-corrected chi connectivity index (χ2v) is 3.23. The summed E-state index contributed by atoms with van der Waals surface area (Å²) in [7, 11) is 0. The number of pyridine rings is 1. The van der Waals surface area contributed by atoms with Gasteiger partial charge in [-0.05, 0) is 12.5 Å². The summed E-state index contributed by atoms with van der Waals surface area (Å²) in [6, 6.07) is 3.14. The molecule has 1 atom stereocenters. The number of nitrogens with zero attached hydrogens (tertiary/aromatic N) is 2. The lowest BCUT2D eigenvalue weighted by Gasteiger charge is -2.16. The van der Waals surface area contributed by atoms with Gasteiger partial charge in [0.25, 0.3) is 0 Å². The molecule has 1 saturated heterocycles. The Hall–Kier alpha value is -1.16. The molecule has 1 fully saturated rings. The van der Waals surface area contributed by atoms with E-state index >= 15 is 0 Å². The van der Waals surface area contributed by atoms with Crippen LogP contribution in [-0.2, 0) is 0 Å². The summed E-state index contributed by atoms with van der Waals surface area (Å²) in [5, 5.41) is 9.28. The van der Waals surface area contributed by atoms with E-state index in [4.69, 9.17) is 0 Å². The van der Waals surface area contributed by atoms with Crippen LogP contribution in [0.15, 0.2) is 18.3 Å². The van der Waals surface area contributed by atoms with Crippen molar-refractivity contribution in [2.24, 2.45) is 0 Å². The van der Waals surface area contributed by atoms with Gasteiger partial charge in [0.2, 0.25) is 5.95 Å². The van der Waals surface area contributed by atoms with Crippen LogP contribution in [0.5, 0.6) is 0 Å². The van der Waals surface area contributed by atoms with E-state index in [9.17, 15) is 9.50 Å². The van der Waals surface area contributed by atoms with E-state index in [-0.39, 0.29) is 6.10 Å². The van der Waals surface area contributed by atoms with Gasteiger partial charge >= 0.3 is 0 Å². The quantitative estimate of drug-likeness (QED) is 0.652. The monoisotopic (exact) mass is 182 g/mol. The van der Waals surface area contributed by atoms with Gasteiger partial charge in [0, 0.05) is 31.0 Å². The van der Waals surface area contributed by atoms with Crippen LogP contribution in [-0.4, -0.2) is 29.3 Å². The molecule has 1 N–H and O–H groups in total. The summed E-state index contributed by atoms with van der Waals surface area (Å²) in [6.45, 7) is 1.37. The number of anilines is 1. The third-order valence-electron chi connectivity index (χ3n) is 2.24. The second-order valence-electron chi connectivity index (χ2n) is 3.23. The molecule has 1 aromatic rings. The first-order valence-electron chi connectivity index (χ1n) is 4.30. The van der Waals surface area contributed by atoms with Crippen LogP contribution >= 0.6 is 0 Å². The molecule has 0 spiro atoms. The van der Waals surface area contributed by atoms with Crippen LogP contribution in [0.2, 0.25) is 0 Å². The van der Waals surface area contributed by atoms with Crippen LogP contribution in [0.4, 0.5) is 10.1 Å². The Bertz CT molecular complexity index is 305. The number of rotatable bonds is 1. The zero-order valence-electron chi connectivity index (χ0n) is 7.15. The summed E-state index contributed by atoms with van der Waals surface area (Å²) >= 11 is 0. The predicted octanol–water partition coefficient (Wildman–Crippen LogP) is 0.792. The SMILES string of the molecule is O[C@H]1CCN(c2ccnc(F)c2)C1. The van der Waals surface area contributed by atoms with Crippen LogP contribution in [0.3, 0.4) is 0 Å². The van der Waals surface area contributed by atoms with E-state index in [0.717, 1.165) is 18.7 Å². The topological polar surface area (TPSA) is 36.4 Å². The lowest BCUT2D eigenvalue weighted by Crippen LogP contribution is -2.21. The average molecular weight is 182 g/mol. The normalized spacial score (nSPS) is 22.3. The molecule has 0 amide bonds. The Morgan fingerprint density at radius 2 is 2.46 bits per heavy atom.